The highest BCUT2D eigenvalue weighted by Crippen LogP contribution is 2.26. The first-order valence-electron chi connectivity index (χ1n) is 5.79. The summed E-state index contributed by atoms with van der Waals surface area (Å²) < 4.78 is 6.46. The third-order valence-electron chi connectivity index (χ3n) is 3.03. The Kier molecular flexibility index (Phi) is 4.03. The van der Waals surface area contributed by atoms with Gasteiger partial charge in [-0.2, -0.15) is 5.26 Å². The summed E-state index contributed by atoms with van der Waals surface area (Å²) >= 11 is 3.39. The Balaban J connectivity index is 2.13. The number of anilines is 1. The molecule has 0 radical (unpaired) electrons. The lowest BCUT2D eigenvalue weighted by atomic mass is 10.1. The SMILES string of the molecule is CC(Nc1cccc(Br)c1C#N)C1CCCO1. The molecule has 0 amide bonds. The van der Waals surface area contributed by atoms with E-state index >= 15 is 0 Å². The third kappa shape index (κ3) is 2.80. The Morgan fingerprint density at radius 2 is 2.41 bits per heavy atom. The summed E-state index contributed by atoms with van der Waals surface area (Å²) in [6.07, 6.45) is 2.46. The highest BCUT2D eigenvalue weighted by molar-refractivity contribution is 9.10. The molecule has 0 aliphatic carbocycles. The molecule has 1 aliphatic heterocycles. The lowest BCUT2D eigenvalue weighted by molar-refractivity contribution is 0.0996. The number of rotatable bonds is 3. The normalized spacial score (nSPS) is 20.9. The van der Waals surface area contributed by atoms with Crippen molar-refractivity contribution >= 4 is 21.6 Å². The van der Waals surface area contributed by atoms with Gasteiger partial charge in [0.05, 0.1) is 17.4 Å². The van der Waals surface area contributed by atoms with Gasteiger partial charge in [-0.1, -0.05) is 6.07 Å². The van der Waals surface area contributed by atoms with Crippen LogP contribution in [0.3, 0.4) is 0 Å². The van der Waals surface area contributed by atoms with Crippen molar-refractivity contribution in [3.8, 4) is 6.07 Å². The second-order valence-corrected chi connectivity index (χ2v) is 5.11. The smallest absolute Gasteiger partial charge is 0.103 e. The summed E-state index contributed by atoms with van der Waals surface area (Å²) in [6.45, 7) is 2.94. The molecule has 17 heavy (non-hydrogen) atoms. The molecule has 2 atom stereocenters. The van der Waals surface area contributed by atoms with Crippen LogP contribution in [0, 0.1) is 11.3 Å². The van der Waals surface area contributed by atoms with Gasteiger partial charge in [0.25, 0.3) is 0 Å². The molecule has 90 valence electrons. The molecule has 0 bridgehead atoms. The Hall–Kier alpha value is -1.05. The minimum Gasteiger partial charge on any atom is -0.379 e. The lowest BCUT2D eigenvalue weighted by Crippen LogP contribution is -2.30. The van der Waals surface area contributed by atoms with Crippen LogP contribution < -0.4 is 5.32 Å². The Morgan fingerprint density at radius 1 is 1.59 bits per heavy atom. The molecule has 3 nitrogen and oxygen atoms in total. The van der Waals surface area contributed by atoms with Crippen LogP contribution in [0.4, 0.5) is 5.69 Å². The van der Waals surface area contributed by atoms with Crippen LogP contribution >= 0.6 is 15.9 Å². The van der Waals surface area contributed by atoms with Crippen molar-refractivity contribution in [3.05, 3.63) is 28.2 Å². The fourth-order valence-electron chi connectivity index (χ4n) is 2.09. The molecule has 1 aromatic carbocycles. The average molecular weight is 295 g/mol. The second kappa shape index (κ2) is 5.52. The van der Waals surface area contributed by atoms with Crippen LogP contribution in [0.5, 0.6) is 0 Å². The van der Waals surface area contributed by atoms with E-state index in [9.17, 15) is 0 Å². The maximum absolute atomic E-state index is 9.13. The molecule has 2 unspecified atom stereocenters. The summed E-state index contributed by atoms with van der Waals surface area (Å²) in [6, 6.07) is 8.16. The van der Waals surface area contributed by atoms with Gasteiger partial charge in [-0.25, -0.2) is 0 Å². The highest BCUT2D eigenvalue weighted by atomic mass is 79.9. The molecule has 1 fully saturated rings. The van der Waals surface area contributed by atoms with Crippen LogP contribution in [0.15, 0.2) is 22.7 Å². The number of hydrogen-bond acceptors (Lipinski definition) is 3. The third-order valence-corrected chi connectivity index (χ3v) is 3.69. The van der Waals surface area contributed by atoms with Crippen molar-refractivity contribution < 1.29 is 4.74 Å². The minimum absolute atomic E-state index is 0.221. The van der Waals surface area contributed by atoms with Crippen molar-refractivity contribution in [2.24, 2.45) is 0 Å². The molecule has 0 saturated carbocycles. The van der Waals surface area contributed by atoms with Gasteiger partial charge in [-0.3, -0.25) is 0 Å². The maximum Gasteiger partial charge on any atom is 0.103 e. The molecule has 0 aromatic heterocycles. The zero-order valence-electron chi connectivity index (χ0n) is 9.74. The zero-order valence-corrected chi connectivity index (χ0v) is 11.3. The first-order chi connectivity index (χ1) is 8.22. The van der Waals surface area contributed by atoms with Gasteiger partial charge in [0, 0.05) is 17.1 Å². The summed E-state index contributed by atoms with van der Waals surface area (Å²) in [5.74, 6) is 0. The van der Waals surface area contributed by atoms with Crippen molar-refractivity contribution in [1.29, 1.82) is 5.26 Å². The van der Waals surface area contributed by atoms with Crippen LogP contribution in [0.25, 0.3) is 0 Å². The predicted octanol–water partition coefficient (Wildman–Crippen LogP) is 3.30. The summed E-state index contributed by atoms with van der Waals surface area (Å²) in [5.41, 5.74) is 1.52. The number of ether oxygens (including phenoxy) is 1. The quantitative estimate of drug-likeness (QED) is 0.930. The Bertz CT molecular complexity index is 436. The number of halogens is 1. The standard InChI is InChI=1S/C13H15BrN2O/c1-9(13-6-3-7-17-13)16-12-5-2-4-11(14)10(12)8-15/h2,4-5,9,13,16H,3,6-7H2,1H3. The van der Waals surface area contributed by atoms with Crippen molar-refractivity contribution in [2.45, 2.75) is 31.9 Å². The van der Waals surface area contributed by atoms with E-state index in [1.807, 2.05) is 18.2 Å². The topological polar surface area (TPSA) is 45.0 Å². The van der Waals surface area contributed by atoms with Gasteiger partial charge in [0.15, 0.2) is 0 Å². The van der Waals surface area contributed by atoms with Crippen molar-refractivity contribution in [3.63, 3.8) is 0 Å². The number of nitrogens with zero attached hydrogens (tertiary/aromatic N) is 1. The number of benzene rings is 1. The van der Waals surface area contributed by atoms with Gasteiger partial charge < -0.3 is 10.1 Å². The number of nitriles is 1. The van der Waals surface area contributed by atoms with Gasteiger partial charge >= 0.3 is 0 Å². The maximum atomic E-state index is 9.13. The average Bonchev–Trinajstić information content (AvgIpc) is 2.82. The molecular formula is C13H15BrN2O. The largest absolute Gasteiger partial charge is 0.379 e. The number of nitrogens with one attached hydrogen (secondary N) is 1. The van der Waals surface area contributed by atoms with E-state index in [2.05, 4.69) is 34.2 Å². The van der Waals surface area contributed by atoms with E-state index in [0.717, 1.165) is 29.6 Å². The first-order valence-corrected chi connectivity index (χ1v) is 6.58. The van der Waals surface area contributed by atoms with Gasteiger partial charge in [0.1, 0.15) is 6.07 Å². The van der Waals surface area contributed by atoms with Gasteiger partial charge in [0.2, 0.25) is 0 Å². The molecule has 1 aliphatic rings. The molecule has 4 heteroatoms. The van der Waals surface area contributed by atoms with E-state index in [1.54, 1.807) is 0 Å². The fourth-order valence-corrected chi connectivity index (χ4v) is 2.55. The molecule has 0 spiro atoms. The van der Waals surface area contributed by atoms with Crippen LogP contribution in [0.1, 0.15) is 25.3 Å². The fraction of sp³-hybridized carbons (Fsp3) is 0.462. The molecule has 1 N–H and O–H groups in total. The Morgan fingerprint density at radius 3 is 3.06 bits per heavy atom. The predicted molar refractivity (Wildman–Crippen MR) is 70.9 cm³/mol. The molecule has 1 aromatic rings. The monoisotopic (exact) mass is 294 g/mol. The van der Waals surface area contributed by atoms with E-state index in [-0.39, 0.29) is 12.1 Å². The molecule has 2 rings (SSSR count). The van der Waals surface area contributed by atoms with E-state index in [4.69, 9.17) is 10.00 Å². The van der Waals surface area contributed by atoms with Crippen molar-refractivity contribution in [1.82, 2.24) is 0 Å². The highest BCUT2D eigenvalue weighted by Gasteiger charge is 2.22. The lowest BCUT2D eigenvalue weighted by Gasteiger charge is -2.22. The van der Waals surface area contributed by atoms with Crippen LogP contribution in [0.2, 0.25) is 0 Å². The Labute approximate surface area is 110 Å². The zero-order chi connectivity index (χ0) is 12.3. The second-order valence-electron chi connectivity index (χ2n) is 4.26. The molecule has 1 saturated heterocycles. The van der Waals surface area contributed by atoms with Crippen LogP contribution in [-0.4, -0.2) is 18.8 Å². The summed E-state index contributed by atoms with van der Waals surface area (Å²) in [7, 11) is 0. The summed E-state index contributed by atoms with van der Waals surface area (Å²) in [4.78, 5) is 0. The van der Waals surface area contributed by atoms with E-state index in [0.29, 0.717) is 5.56 Å². The number of hydrogen-bond donors (Lipinski definition) is 1. The van der Waals surface area contributed by atoms with Crippen LogP contribution in [-0.2, 0) is 4.74 Å². The summed E-state index contributed by atoms with van der Waals surface area (Å²) in [5, 5.41) is 12.5. The van der Waals surface area contributed by atoms with Crippen molar-refractivity contribution in [2.75, 3.05) is 11.9 Å². The van der Waals surface area contributed by atoms with Gasteiger partial charge in [-0.05, 0) is 47.8 Å². The van der Waals surface area contributed by atoms with E-state index in [1.165, 1.54) is 0 Å². The molecular weight excluding hydrogens is 280 g/mol. The minimum atomic E-state index is 0.221. The first kappa shape index (κ1) is 12.4. The molecule has 1 heterocycles. The van der Waals surface area contributed by atoms with E-state index < -0.39 is 0 Å². The van der Waals surface area contributed by atoms with Gasteiger partial charge in [-0.15, -0.1) is 0 Å².